The Kier molecular flexibility index (Phi) is 6.41. The summed E-state index contributed by atoms with van der Waals surface area (Å²) in [6.45, 7) is 3.11. The lowest BCUT2D eigenvalue weighted by molar-refractivity contribution is -0.118. The monoisotopic (exact) mass is 366 g/mol. The molecule has 3 rings (SSSR count). The number of thiophene rings is 1. The number of amides is 1. The summed E-state index contributed by atoms with van der Waals surface area (Å²) in [7, 11) is 0. The zero-order chi connectivity index (χ0) is 18.2. The van der Waals surface area contributed by atoms with Gasteiger partial charge in [-0.25, -0.2) is 0 Å². The van der Waals surface area contributed by atoms with Crippen molar-refractivity contribution in [3.05, 3.63) is 82.6 Å². The smallest absolute Gasteiger partial charge is 0.246 e. The van der Waals surface area contributed by atoms with Gasteiger partial charge in [-0.2, -0.15) is 0 Å². The van der Waals surface area contributed by atoms with Crippen molar-refractivity contribution in [1.29, 1.82) is 0 Å². The number of ether oxygens (including phenoxy) is 1. The highest BCUT2D eigenvalue weighted by atomic mass is 32.1. The summed E-state index contributed by atoms with van der Waals surface area (Å²) in [6.07, 6.45) is 0. The van der Waals surface area contributed by atoms with E-state index < -0.39 is 6.04 Å². The number of hydrogen-bond acceptors (Lipinski definition) is 4. The van der Waals surface area contributed by atoms with Crippen molar-refractivity contribution in [2.24, 2.45) is 0 Å². The summed E-state index contributed by atoms with van der Waals surface area (Å²) in [5.74, 6) is 0.563. The van der Waals surface area contributed by atoms with E-state index in [-0.39, 0.29) is 5.91 Å². The van der Waals surface area contributed by atoms with E-state index in [2.05, 4.69) is 16.7 Å². The summed E-state index contributed by atoms with van der Waals surface area (Å²) in [6, 6.07) is 20.8. The van der Waals surface area contributed by atoms with Crippen LogP contribution in [0.15, 0.2) is 72.1 Å². The van der Waals surface area contributed by atoms with Crippen LogP contribution in [-0.4, -0.2) is 12.5 Å². The van der Waals surface area contributed by atoms with Crippen molar-refractivity contribution in [3.8, 4) is 5.75 Å². The topological polar surface area (TPSA) is 50.4 Å². The Balaban J connectivity index is 1.78. The number of para-hydroxylation sites is 2. The molecule has 0 aliphatic carbocycles. The molecule has 0 saturated carbocycles. The molecule has 134 valence electrons. The minimum atomic E-state index is -0.451. The molecular formula is C21H22N2O2S. The van der Waals surface area contributed by atoms with Crippen molar-refractivity contribution in [2.75, 3.05) is 11.9 Å². The normalized spacial score (nSPS) is 11.7. The van der Waals surface area contributed by atoms with E-state index >= 15 is 0 Å². The fraction of sp³-hybridized carbons (Fsp3) is 0.190. The number of anilines is 1. The third kappa shape index (κ3) is 4.71. The minimum absolute atomic E-state index is 0.111. The van der Waals surface area contributed by atoms with Crippen LogP contribution in [0.2, 0.25) is 0 Å². The molecule has 1 heterocycles. The molecule has 2 N–H and O–H groups in total. The second-order valence-electron chi connectivity index (χ2n) is 5.72. The Morgan fingerprint density at radius 1 is 1.04 bits per heavy atom. The average Bonchev–Trinajstić information content (AvgIpc) is 3.18. The van der Waals surface area contributed by atoms with Gasteiger partial charge in [-0.3, -0.25) is 10.1 Å². The molecule has 0 fully saturated rings. The second kappa shape index (κ2) is 9.17. The maximum Gasteiger partial charge on any atom is 0.246 e. The summed E-state index contributed by atoms with van der Waals surface area (Å²) in [4.78, 5) is 14.2. The average molecular weight is 366 g/mol. The van der Waals surface area contributed by atoms with Crippen molar-refractivity contribution < 1.29 is 9.53 Å². The van der Waals surface area contributed by atoms with E-state index in [0.717, 1.165) is 5.56 Å². The maximum absolute atomic E-state index is 13.0. The van der Waals surface area contributed by atoms with Gasteiger partial charge in [0.25, 0.3) is 0 Å². The molecule has 0 unspecified atom stereocenters. The van der Waals surface area contributed by atoms with Gasteiger partial charge in [0.1, 0.15) is 11.8 Å². The Morgan fingerprint density at radius 2 is 1.81 bits per heavy atom. The summed E-state index contributed by atoms with van der Waals surface area (Å²) >= 11 is 1.67. The largest absolute Gasteiger partial charge is 0.492 e. The Labute approximate surface area is 157 Å². The van der Waals surface area contributed by atoms with Gasteiger partial charge in [0.05, 0.1) is 12.3 Å². The van der Waals surface area contributed by atoms with E-state index in [9.17, 15) is 4.79 Å². The van der Waals surface area contributed by atoms with Crippen LogP contribution in [0.4, 0.5) is 5.69 Å². The lowest BCUT2D eigenvalue weighted by Gasteiger charge is -2.20. The van der Waals surface area contributed by atoms with Crippen LogP contribution in [0.5, 0.6) is 5.75 Å². The van der Waals surface area contributed by atoms with E-state index in [1.165, 1.54) is 4.88 Å². The van der Waals surface area contributed by atoms with Gasteiger partial charge in [0.2, 0.25) is 5.91 Å². The first-order valence-electron chi connectivity index (χ1n) is 8.61. The van der Waals surface area contributed by atoms with Crippen molar-refractivity contribution in [3.63, 3.8) is 0 Å². The van der Waals surface area contributed by atoms with Gasteiger partial charge < -0.3 is 10.1 Å². The highest BCUT2D eigenvalue weighted by Gasteiger charge is 2.21. The van der Waals surface area contributed by atoms with Gasteiger partial charge in [-0.05, 0) is 36.1 Å². The Hall–Kier alpha value is -2.63. The molecule has 0 spiro atoms. The van der Waals surface area contributed by atoms with Crippen molar-refractivity contribution in [2.45, 2.75) is 19.5 Å². The number of carbonyl (C=O) groups is 1. The van der Waals surface area contributed by atoms with Crippen LogP contribution in [0.3, 0.4) is 0 Å². The minimum Gasteiger partial charge on any atom is -0.492 e. The molecule has 0 radical (unpaired) electrons. The first-order chi connectivity index (χ1) is 12.8. The zero-order valence-electron chi connectivity index (χ0n) is 14.6. The summed E-state index contributed by atoms with van der Waals surface area (Å²) in [5.41, 5.74) is 1.61. The first-order valence-corrected chi connectivity index (χ1v) is 9.49. The van der Waals surface area contributed by atoms with E-state index in [1.54, 1.807) is 11.3 Å². The van der Waals surface area contributed by atoms with Crippen molar-refractivity contribution >= 4 is 22.9 Å². The molecule has 4 nitrogen and oxygen atoms in total. The molecule has 1 aromatic heterocycles. The van der Waals surface area contributed by atoms with E-state index in [4.69, 9.17) is 4.74 Å². The van der Waals surface area contributed by atoms with Crippen LogP contribution in [0.1, 0.15) is 23.4 Å². The number of nitrogens with one attached hydrogen (secondary N) is 2. The molecular weight excluding hydrogens is 344 g/mol. The van der Waals surface area contributed by atoms with E-state index in [0.29, 0.717) is 24.6 Å². The fourth-order valence-corrected chi connectivity index (χ4v) is 3.34. The molecule has 3 aromatic rings. The zero-order valence-corrected chi connectivity index (χ0v) is 15.5. The quantitative estimate of drug-likeness (QED) is 0.612. The molecule has 1 atom stereocenters. The number of hydrogen-bond donors (Lipinski definition) is 2. The standard InChI is InChI=1S/C21H22N2O2S/c1-2-25-19-13-7-6-12-18(19)23-21(24)20(16-9-4-3-5-10-16)22-15-17-11-8-14-26-17/h3-14,20,22H,2,15H2,1H3,(H,23,24)/t20-/m1/s1. The van der Waals surface area contributed by atoms with Gasteiger partial charge in [0, 0.05) is 11.4 Å². The van der Waals surface area contributed by atoms with E-state index in [1.807, 2.05) is 73.0 Å². The lowest BCUT2D eigenvalue weighted by Crippen LogP contribution is -2.32. The van der Waals surface area contributed by atoms with Crippen LogP contribution in [-0.2, 0) is 11.3 Å². The fourth-order valence-electron chi connectivity index (χ4n) is 2.68. The second-order valence-corrected chi connectivity index (χ2v) is 6.75. The number of rotatable bonds is 8. The third-order valence-electron chi connectivity index (χ3n) is 3.90. The summed E-state index contributed by atoms with van der Waals surface area (Å²) < 4.78 is 5.61. The van der Waals surface area contributed by atoms with Gasteiger partial charge >= 0.3 is 0 Å². The molecule has 26 heavy (non-hydrogen) atoms. The third-order valence-corrected chi connectivity index (χ3v) is 4.78. The highest BCUT2D eigenvalue weighted by Crippen LogP contribution is 2.25. The maximum atomic E-state index is 13.0. The van der Waals surface area contributed by atoms with Crippen molar-refractivity contribution in [1.82, 2.24) is 5.32 Å². The molecule has 1 amide bonds. The predicted molar refractivity (Wildman–Crippen MR) is 107 cm³/mol. The molecule has 0 aliphatic heterocycles. The van der Waals surface area contributed by atoms with Crippen LogP contribution < -0.4 is 15.4 Å². The Bertz CT molecular complexity index is 819. The molecule has 5 heteroatoms. The molecule has 0 aliphatic rings. The SMILES string of the molecule is CCOc1ccccc1NC(=O)[C@H](NCc1cccs1)c1ccccc1. The van der Waals surface area contributed by atoms with Gasteiger partial charge in [0.15, 0.2) is 0 Å². The first kappa shape index (κ1) is 18.2. The lowest BCUT2D eigenvalue weighted by atomic mass is 10.1. The number of carbonyl (C=O) groups excluding carboxylic acids is 1. The molecule has 0 saturated heterocycles. The molecule has 2 aromatic carbocycles. The van der Waals surface area contributed by atoms with Crippen LogP contribution in [0.25, 0.3) is 0 Å². The predicted octanol–water partition coefficient (Wildman–Crippen LogP) is 4.62. The number of benzene rings is 2. The molecule has 0 bridgehead atoms. The Morgan fingerprint density at radius 3 is 2.54 bits per heavy atom. The van der Waals surface area contributed by atoms with Gasteiger partial charge in [-0.15, -0.1) is 11.3 Å². The summed E-state index contributed by atoms with van der Waals surface area (Å²) in [5, 5.41) is 8.40. The van der Waals surface area contributed by atoms with Crippen LogP contribution >= 0.6 is 11.3 Å². The highest BCUT2D eigenvalue weighted by molar-refractivity contribution is 7.09. The van der Waals surface area contributed by atoms with Gasteiger partial charge in [-0.1, -0.05) is 48.5 Å². The van der Waals surface area contributed by atoms with Crippen LogP contribution in [0, 0.1) is 0 Å².